The molecule has 4 nitrogen and oxygen atoms in total. The first kappa shape index (κ1) is 11.6. The molecule has 1 heterocycles. The summed E-state index contributed by atoms with van der Waals surface area (Å²) in [7, 11) is 0. The molecule has 0 spiro atoms. The van der Waals surface area contributed by atoms with Crippen molar-refractivity contribution in [3.8, 4) is 0 Å². The highest BCUT2D eigenvalue weighted by Crippen LogP contribution is 2.44. The highest BCUT2D eigenvalue weighted by Gasteiger charge is 2.54. The fourth-order valence-electron chi connectivity index (χ4n) is 2.39. The van der Waals surface area contributed by atoms with Gasteiger partial charge in [0.25, 0.3) is 0 Å². The number of carboxylic acid groups (broad SMARTS) is 1. The van der Waals surface area contributed by atoms with E-state index in [2.05, 4.69) is 0 Å². The van der Waals surface area contributed by atoms with E-state index in [-0.39, 0.29) is 24.5 Å². The van der Waals surface area contributed by atoms with Gasteiger partial charge in [-0.2, -0.15) is 0 Å². The van der Waals surface area contributed by atoms with Crippen molar-refractivity contribution in [3.63, 3.8) is 0 Å². The minimum absolute atomic E-state index is 0.215. The molecule has 1 aliphatic heterocycles. The van der Waals surface area contributed by atoms with Crippen LogP contribution in [0.1, 0.15) is 32.1 Å². The van der Waals surface area contributed by atoms with E-state index >= 15 is 0 Å². The number of aliphatic carboxylic acids is 1. The normalized spacial score (nSPS) is 36.6. The van der Waals surface area contributed by atoms with E-state index in [1.165, 1.54) is 0 Å². The van der Waals surface area contributed by atoms with E-state index in [4.69, 9.17) is 9.84 Å². The molecule has 2 aliphatic rings. The molecular formula is C12H18O4. The second kappa shape index (κ2) is 4.97. The zero-order chi connectivity index (χ0) is 11.5. The smallest absolute Gasteiger partial charge is 0.303 e. The molecule has 4 heteroatoms. The van der Waals surface area contributed by atoms with Gasteiger partial charge in [0.1, 0.15) is 0 Å². The molecule has 1 saturated heterocycles. The number of ether oxygens (including phenoxy) is 1. The fourth-order valence-corrected chi connectivity index (χ4v) is 2.39. The quantitative estimate of drug-likeness (QED) is 0.407. The van der Waals surface area contributed by atoms with Gasteiger partial charge in [0.05, 0.1) is 18.3 Å². The maximum absolute atomic E-state index is 10.3. The molecule has 0 unspecified atom stereocenters. The Hall–Kier alpha value is -0.870. The summed E-state index contributed by atoms with van der Waals surface area (Å²) in [6, 6.07) is 0. The molecule has 0 aromatic heterocycles. The summed E-state index contributed by atoms with van der Waals surface area (Å²) in [6.45, 7) is 0. The molecule has 2 N–H and O–H groups in total. The van der Waals surface area contributed by atoms with Crippen LogP contribution in [0.3, 0.4) is 0 Å². The second-order valence-electron chi connectivity index (χ2n) is 4.60. The number of unbranched alkanes of at least 4 members (excludes halogenated alkanes) is 1. The summed E-state index contributed by atoms with van der Waals surface area (Å²) in [5, 5.41) is 18.1. The number of hydrogen-bond acceptors (Lipinski definition) is 3. The third-order valence-electron chi connectivity index (χ3n) is 3.35. The summed E-state index contributed by atoms with van der Waals surface area (Å²) >= 11 is 0. The van der Waals surface area contributed by atoms with Crippen molar-refractivity contribution in [2.75, 3.05) is 0 Å². The maximum atomic E-state index is 10.3. The van der Waals surface area contributed by atoms with Crippen LogP contribution >= 0.6 is 0 Å². The Morgan fingerprint density at radius 3 is 2.88 bits per heavy atom. The summed E-state index contributed by atoms with van der Waals surface area (Å²) in [5.74, 6) is -0.491. The first-order chi connectivity index (χ1) is 7.68. The van der Waals surface area contributed by atoms with Crippen molar-refractivity contribution < 1.29 is 19.7 Å². The van der Waals surface area contributed by atoms with Gasteiger partial charge in [0, 0.05) is 18.8 Å². The number of fused-ring (bicyclic) bond motifs is 1. The Morgan fingerprint density at radius 1 is 1.44 bits per heavy atom. The molecule has 16 heavy (non-hydrogen) atoms. The lowest BCUT2D eigenvalue weighted by Crippen LogP contribution is -2.19. The van der Waals surface area contributed by atoms with E-state index < -0.39 is 5.97 Å². The predicted octanol–water partition coefficient (Wildman–Crippen LogP) is 1.34. The lowest BCUT2D eigenvalue weighted by Gasteiger charge is -2.13. The molecule has 0 bridgehead atoms. The van der Waals surface area contributed by atoms with Gasteiger partial charge >= 0.3 is 5.97 Å². The van der Waals surface area contributed by atoms with E-state index in [0.717, 1.165) is 19.3 Å². The predicted molar refractivity (Wildman–Crippen MR) is 58.0 cm³/mol. The van der Waals surface area contributed by atoms with Crippen LogP contribution in [0, 0.1) is 5.92 Å². The topological polar surface area (TPSA) is 70.1 Å². The fraction of sp³-hybridized carbons (Fsp3) is 0.750. The Bertz CT molecular complexity index is 285. The molecular weight excluding hydrogens is 208 g/mol. The molecule has 1 saturated carbocycles. The third kappa shape index (κ3) is 2.83. The summed E-state index contributed by atoms with van der Waals surface area (Å²) in [4.78, 5) is 10.3. The van der Waals surface area contributed by atoms with Crippen LogP contribution in [0.15, 0.2) is 12.2 Å². The molecule has 0 amide bonds. The lowest BCUT2D eigenvalue weighted by atomic mass is 10.00. The van der Waals surface area contributed by atoms with E-state index in [9.17, 15) is 9.90 Å². The zero-order valence-electron chi connectivity index (χ0n) is 9.21. The van der Waals surface area contributed by atoms with Gasteiger partial charge in [0.15, 0.2) is 0 Å². The Morgan fingerprint density at radius 2 is 2.25 bits per heavy atom. The van der Waals surface area contributed by atoms with Crippen LogP contribution in [0.2, 0.25) is 0 Å². The zero-order valence-corrected chi connectivity index (χ0v) is 9.21. The maximum Gasteiger partial charge on any atom is 0.303 e. The van der Waals surface area contributed by atoms with Crippen molar-refractivity contribution in [1.82, 2.24) is 0 Å². The van der Waals surface area contributed by atoms with Crippen LogP contribution in [0.4, 0.5) is 0 Å². The standard InChI is InChI=1S/C12H18O4/c13-9-7-10-12(16-10)8(9)5-3-1-2-4-6-11(14)15/h1,3,8-10,12-13H,2,4-7H2,(H,14,15)/b3-1-/t8-,9-,10+,12-/m1/s1. The minimum atomic E-state index is -0.742. The van der Waals surface area contributed by atoms with Crippen molar-refractivity contribution in [2.24, 2.45) is 5.92 Å². The largest absolute Gasteiger partial charge is 0.481 e. The van der Waals surface area contributed by atoms with Crippen LogP contribution in [0.25, 0.3) is 0 Å². The van der Waals surface area contributed by atoms with E-state index in [1.54, 1.807) is 0 Å². The summed E-state index contributed by atoms with van der Waals surface area (Å²) in [5.41, 5.74) is 0. The average Bonchev–Trinajstić information content (AvgIpc) is 2.89. The molecule has 0 radical (unpaired) electrons. The van der Waals surface area contributed by atoms with Gasteiger partial charge in [-0.25, -0.2) is 0 Å². The number of carboxylic acids is 1. The number of aliphatic hydroxyl groups is 1. The van der Waals surface area contributed by atoms with Crippen LogP contribution in [0.5, 0.6) is 0 Å². The Kier molecular flexibility index (Phi) is 3.61. The summed E-state index contributed by atoms with van der Waals surface area (Å²) in [6.07, 6.45) is 7.74. The Labute approximate surface area is 94.9 Å². The van der Waals surface area contributed by atoms with Gasteiger partial charge in [0.2, 0.25) is 0 Å². The van der Waals surface area contributed by atoms with Crippen molar-refractivity contribution >= 4 is 5.97 Å². The first-order valence-corrected chi connectivity index (χ1v) is 5.89. The summed E-state index contributed by atoms with van der Waals surface area (Å²) < 4.78 is 5.37. The van der Waals surface area contributed by atoms with Gasteiger partial charge in [-0.3, -0.25) is 4.79 Å². The van der Waals surface area contributed by atoms with Crippen LogP contribution in [-0.4, -0.2) is 34.5 Å². The van der Waals surface area contributed by atoms with Gasteiger partial charge < -0.3 is 14.9 Å². The van der Waals surface area contributed by atoms with E-state index in [0.29, 0.717) is 12.5 Å². The number of hydrogen-bond donors (Lipinski definition) is 2. The molecule has 2 fully saturated rings. The molecule has 0 aromatic rings. The first-order valence-electron chi connectivity index (χ1n) is 5.89. The van der Waals surface area contributed by atoms with E-state index in [1.807, 2.05) is 12.2 Å². The van der Waals surface area contributed by atoms with Gasteiger partial charge in [-0.15, -0.1) is 0 Å². The van der Waals surface area contributed by atoms with Gasteiger partial charge in [-0.05, 0) is 19.3 Å². The van der Waals surface area contributed by atoms with Gasteiger partial charge in [-0.1, -0.05) is 12.2 Å². The number of carbonyl (C=O) groups is 1. The molecule has 1 aliphatic carbocycles. The Balaban J connectivity index is 1.60. The number of allylic oxidation sites excluding steroid dienone is 2. The highest BCUT2D eigenvalue weighted by atomic mass is 16.6. The molecule has 0 aromatic carbocycles. The molecule has 4 atom stereocenters. The van der Waals surface area contributed by atoms with Crippen molar-refractivity contribution in [2.45, 2.75) is 50.4 Å². The second-order valence-corrected chi connectivity index (χ2v) is 4.60. The number of epoxide rings is 1. The number of rotatable bonds is 6. The molecule has 2 rings (SSSR count). The average molecular weight is 226 g/mol. The lowest BCUT2D eigenvalue weighted by molar-refractivity contribution is -0.137. The van der Waals surface area contributed by atoms with Crippen LogP contribution in [-0.2, 0) is 9.53 Å². The van der Waals surface area contributed by atoms with Crippen molar-refractivity contribution in [3.05, 3.63) is 12.2 Å². The number of aliphatic hydroxyl groups excluding tert-OH is 1. The SMILES string of the molecule is O=C(O)CCC/C=C\C[C@H]1[C@H]2O[C@H]2C[C@H]1O. The van der Waals surface area contributed by atoms with Crippen LogP contribution < -0.4 is 0 Å². The monoisotopic (exact) mass is 226 g/mol. The third-order valence-corrected chi connectivity index (χ3v) is 3.35. The highest BCUT2D eigenvalue weighted by molar-refractivity contribution is 5.66. The van der Waals surface area contributed by atoms with Crippen molar-refractivity contribution in [1.29, 1.82) is 0 Å². The molecule has 90 valence electrons. The minimum Gasteiger partial charge on any atom is -0.481 e.